The van der Waals surface area contributed by atoms with Crippen LogP contribution in [0, 0.1) is 0 Å². The number of hydrogen-bond donors (Lipinski definition) is 0. The predicted molar refractivity (Wildman–Crippen MR) is 108 cm³/mol. The number of para-hydroxylation sites is 1. The maximum Gasteiger partial charge on any atom is 0.160 e. The van der Waals surface area contributed by atoms with E-state index in [4.69, 9.17) is 4.74 Å². The van der Waals surface area contributed by atoms with E-state index in [0.29, 0.717) is 0 Å². The standard InChI is InChI=1S/C23H19OSi/c1-24-21-15-7-8-16-23(21)25(19-12-3-2-4-13-19)22-17-9-11-18-10-5-6-14-20(18)22/h2-17H,1H3. The van der Waals surface area contributed by atoms with Crippen molar-refractivity contribution < 1.29 is 4.74 Å². The minimum absolute atomic E-state index is 0.966. The van der Waals surface area contributed by atoms with Gasteiger partial charge in [0.05, 0.1) is 7.11 Å². The van der Waals surface area contributed by atoms with Gasteiger partial charge in [0.15, 0.2) is 8.80 Å². The lowest BCUT2D eigenvalue weighted by Gasteiger charge is -2.20. The van der Waals surface area contributed by atoms with Crippen LogP contribution in [0.3, 0.4) is 0 Å². The number of benzene rings is 4. The molecule has 0 saturated heterocycles. The summed E-state index contributed by atoms with van der Waals surface area (Å²) in [5.74, 6) is 0.966. The van der Waals surface area contributed by atoms with E-state index in [-0.39, 0.29) is 0 Å². The first-order chi connectivity index (χ1) is 12.4. The molecule has 1 nitrogen and oxygen atoms in total. The van der Waals surface area contributed by atoms with Crippen LogP contribution < -0.4 is 20.3 Å². The quantitative estimate of drug-likeness (QED) is 0.409. The van der Waals surface area contributed by atoms with E-state index in [1.165, 1.54) is 26.3 Å². The predicted octanol–water partition coefficient (Wildman–Crippen LogP) is 3.36. The summed E-state index contributed by atoms with van der Waals surface area (Å²) in [5.41, 5.74) is 0. The van der Waals surface area contributed by atoms with Crippen LogP contribution in [-0.2, 0) is 0 Å². The van der Waals surface area contributed by atoms with E-state index in [1.807, 2.05) is 6.07 Å². The molecule has 0 spiro atoms. The molecule has 4 aromatic carbocycles. The molecule has 0 bridgehead atoms. The molecule has 0 aliphatic rings. The van der Waals surface area contributed by atoms with Crippen molar-refractivity contribution in [3.05, 3.63) is 97.1 Å². The average Bonchev–Trinajstić information content (AvgIpc) is 2.70. The van der Waals surface area contributed by atoms with Gasteiger partial charge in [0.2, 0.25) is 0 Å². The zero-order valence-electron chi connectivity index (χ0n) is 14.1. The second-order valence-corrected chi connectivity index (χ2v) is 8.37. The Bertz CT molecular complexity index is 990. The highest BCUT2D eigenvalue weighted by molar-refractivity contribution is 6.97. The van der Waals surface area contributed by atoms with Crippen molar-refractivity contribution in [1.29, 1.82) is 0 Å². The molecule has 4 aromatic rings. The Hall–Kier alpha value is -2.84. The van der Waals surface area contributed by atoms with Crippen molar-refractivity contribution in [3.8, 4) is 5.75 Å². The second-order valence-electron chi connectivity index (χ2n) is 5.97. The normalized spacial score (nSPS) is 11.0. The van der Waals surface area contributed by atoms with Gasteiger partial charge in [0.1, 0.15) is 5.75 Å². The number of methoxy groups -OCH3 is 1. The van der Waals surface area contributed by atoms with E-state index in [2.05, 4.69) is 91.0 Å². The van der Waals surface area contributed by atoms with Gasteiger partial charge in [-0.2, -0.15) is 0 Å². The zero-order chi connectivity index (χ0) is 17.1. The summed E-state index contributed by atoms with van der Waals surface area (Å²) in [6, 6.07) is 34.5. The number of hydrogen-bond acceptors (Lipinski definition) is 1. The minimum Gasteiger partial charge on any atom is -0.497 e. The molecule has 25 heavy (non-hydrogen) atoms. The highest BCUT2D eigenvalue weighted by Crippen LogP contribution is 2.14. The molecule has 0 atom stereocenters. The molecule has 0 unspecified atom stereocenters. The van der Waals surface area contributed by atoms with Crippen LogP contribution in [0.2, 0.25) is 0 Å². The van der Waals surface area contributed by atoms with Crippen molar-refractivity contribution in [1.82, 2.24) is 0 Å². The van der Waals surface area contributed by atoms with E-state index in [0.717, 1.165) is 5.75 Å². The molecule has 4 rings (SSSR count). The molecule has 1 radical (unpaired) electrons. The van der Waals surface area contributed by atoms with Crippen LogP contribution in [0.5, 0.6) is 5.75 Å². The Labute approximate surface area is 150 Å². The van der Waals surface area contributed by atoms with Crippen LogP contribution in [0.25, 0.3) is 10.8 Å². The first-order valence-corrected chi connectivity index (χ1v) is 9.92. The van der Waals surface area contributed by atoms with Gasteiger partial charge in [-0.3, -0.25) is 0 Å². The van der Waals surface area contributed by atoms with Crippen molar-refractivity contribution in [2.45, 2.75) is 0 Å². The van der Waals surface area contributed by atoms with E-state index >= 15 is 0 Å². The summed E-state index contributed by atoms with van der Waals surface area (Å²) in [4.78, 5) is 0. The first kappa shape index (κ1) is 15.7. The molecule has 0 amide bonds. The lowest BCUT2D eigenvalue weighted by Crippen LogP contribution is -2.52. The molecule has 0 N–H and O–H groups in total. The van der Waals surface area contributed by atoms with Gasteiger partial charge >= 0.3 is 0 Å². The summed E-state index contributed by atoms with van der Waals surface area (Å²) in [7, 11) is 0.587. The van der Waals surface area contributed by atoms with Gasteiger partial charge in [0.25, 0.3) is 0 Å². The highest BCUT2D eigenvalue weighted by atomic mass is 28.3. The van der Waals surface area contributed by atoms with E-state index in [9.17, 15) is 0 Å². The number of rotatable bonds is 4. The Kier molecular flexibility index (Phi) is 4.36. The monoisotopic (exact) mass is 339 g/mol. The van der Waals surface area contributed by atoms with Gasteiger partial charge in [-0.25, -0.2) is 0 Å². The molecule has 0 heterocycles. The number of ether oxygens (including phenoxy) is 1. The number of fused-ring (bicyclic) bond motifs is 1. The molecule has 0 fully saturated rings. The summed E-state index contributed by atoms with van der Waals surface area (Å²) >= 11 is 0. The molecular formula is C23H19OSi. The smallest absolute Gasteiger partial charge is 0.160 e. The molecule has 2 heteroatoms. The first-order valence-electron chi connectivity index (χ1n) is 8.42. The van der Waals surface area contributed by atoms with Crippen molar-refractivity contribution in [2.24, 2.45) is 0 Å². The fraction of sp³-hybridized carbons (Fsp3) is 0.0435. The maximum absolute atomic E-state index is 5.71. The largest absolute Gasteiger partial charge is 0.497 e. The topological polar surface area (TPSA) is 9.23 Å². The summed E-state index contributed by atoms with van der Waals surface area (Å²) in [5, 5.41) is 6.67. The second kappa shape index (κ2) is 6.95. The van der Waals surface area contributed by atoms with Crippen molar-refractivity contribution in [3.63, 3.8) is 0 Å². The van der Waals surface area contributed by atoms with Crippen LogP contribution in [-0.4, -0.2) is 15.9 Å². The van der Waals surface area contributed by atoms with Gasteiger partial charge in [0, 0.05) is 0 Å². The Morgan fingerprint density at radius 2 is 1.24 bits per heavy atom. The fourth-order valence-corrected chi connectivity index (χ4v) is 6.25. The van der Waals surface area contributed by atoms with E-state index in [1.54, 1.807) is 7.11 Å². The van der Waals surface area contributed by atoms with Crippen LogP contribution >= 0.6 is 0 Å². The summed E-state index contributed by atoms with van der Waals surface area (Å²) in [6.45, 7) is 0. The SMILES string of the molecule is COc1ccccc1[Si](c1ccccc1)c1cccc2ccccc12. The highest BCUT2D eigenvalue weighted by Gasteiger charge is 2.24. The van der Waals surface area contributed by atoms with Gasteiger partial charge in [-0.15, -0.1) is 0 Å². The summed E-state index contributed by atoms with van der Waals surface area (Å²) in [6.07, 6.45) is 0. The third-order valence-electron chi connectivity index (χ3n) is 4.50. The molecule has 0 saturated carbocycles. The third-order valence-corrected chi connectivity index (χ3v) is 7.33. The molecule has 0 aliphatic carbocycles. The Balaban J connectivity index is 2.01. The van der Waals surface area contributed by atoms with Gasteiger partial charge in [-0.1, -0.05) is 96.2 Å². The minimum atomic E-state index is -1.17. The van der Waals surface area contributed by atoms with Crippen molar-refractivity contribution >= 4 is 35.1 Å². The van der Waals surface area contributed by atoms with Crippen LogP contribution in [0.1, 0.15) is 0 Å². The van der Waals surface area contributed by atoms with Gasteiger partial charge < -0.3 is 4.74 Å². The molecule has 121 valence electrons. The third kappa shape index (κ3) is 2.97. The van der Waals surface area contributed by atoms with Crippen molar-refractivity contribution in [2.75, 3.05) is 7.11 Å². The fourth-order valence-electron chi connectivity index (χ4n) is 3.36. The van der Waals surface area contributed by atoms with E-state index < -0.39 is 8.80 Å². The zero-order valence-corrected chi connectivity index (χ0v) is 15.1. The molecule has 0 aliphatic heterocycles. The molecular weight excluding hydrogens is 320 g/mol. The average molecular weight is 339 g/mol. The molecule has 0 aromatic heterocycles. The maximum atomic E-state index is 5.71. The van der Waals surface area contributed by atoms with Gasteiger partial charge in [-0.05, 0) is 27.2 Å². The lowest BCUT2D eigenvalue weighted by atomic mass is 10.1. The summed E-state index contributed by atoms with van der Waals surface area (Å²) < 4.78 is 5.71. The Morgan fingerprint density at radius 3 is 2.08 bits per heavy atom. The Morgan fingerprint density at radius 1 is 0.600 bits per heavy atom. The van der Waals surface area contributed by atoms with Crippen LogP contribution in [0.15, 0.2) is 97.1 Å². The van der Waals surface area contributed by atoms with Crippen LogP contribution in [0.4, 0.5) is 0 Å². The lowest BCUT2D eigenvalue weighted by molar-refractivity contribution is 0.418.